The number of nitrogens with two attached hydrogens (primary N) is 1. The molecule has 0 spiro atoms. The average Bonchev–Trinajstić information content (AvgIpc) is 2.10. The van der Waals surface area contributed by atoms with Crippen molar-refractivity contribution in [3.8, 4) is 0 Å². The minimum Gasteiger partial charge on any atom is -0.398 e. The molecule has 0 aliphatic rings. The minimum atomic E-state index is -0.487. The predicted octanol–water partition coefficient (Wildman–Crippen LogP) is 2.75. The first-order valence-corrected chi connectivity index (χ1v) is 5.31. The van der Waals surface area contributed by atoms with Crippen LogP contribution >= 0.6 is 31.9 Å². The van der Waals surface area contributed by atoms with Crippen LogP contribution in [0.1, 0.15) is 10.4 Å². The second-order valence-electron chi connectivity index (χ2n) is 2.41. The van der Waals surface area contributed by atoms with Crippen LogP contribution in [-0.2, 0) is 0 Å². The van der Waals surface area contributed by atoms with E-state index >= 15 is 0 Å². The molecule has 0 radical (unpaired) electrons. The van der Waals surface area contributed by atoms with E-state index in [9.17, 15) is 9.18 Å². The molecule has 2 N–H and O–H groups in total. The zero-order chi connectivity index (χ0) is 10.0. The summed E-state index contributed by atoms with van der Waals surface area (Å²) in [5, 5.41) is 0.137. The Morgan fingerprint density at radius 3 is 2.69 bits per heavy atom. The van der Waals surface area contributed by atoms with Gasteiger partial charge in [-0.05, 0) is 28.1 Å². The summed E-state index contributed by atoms with van der Waals surface area (Å²) in [6.45, 7) is 0. The minimum absolute atomic E-state index is 0.137. The highest BCUT2D eigenvalue weighted by Crippen LogP contribution is 2.23. The predicted molar refractivity (Wildman–Crippen MR) is 56.6 cm³/mol. The van der Waals surface area contributed by atoms with Crippen molar-refractivity contribution in [2.45, 2.75) is 0 Å². The Balaban J connectivity index is 3.23. The number of nitrogen functional groups attached to an aromatic ring is 1. The van der Waals surface area contributed by atoms with Crippen molar-refractivity contribution in [1.82, 2.24) is 0 Å². The van der Waals surface area contributed by atoms with E-state index in [2.05, 4.69) is 31.9 Å². The molecule has 70 valence electrons. The van der Waals surface area contributed by atoms with Crippen LogP contribution in [0.4, 0.5) is 10.1 Å². The number of ketones is 1. The molecule has 1 rings (SSSR count). The van der Waals surface area contributed by atoms with Crippen LogP contribution in [0, 0.1) is 5.82 Å². The Hall–Kier alpha value is -0.420. The Kier molecular flexibility index (Phi) is 3.44. The van der Waals surface area contributed by atoms with E-state index in [0.717, 1.165) is 6.07 Å². The molecule has 0 aliphatic heterocycles. The van der Waals surface area contributed by atoms with Gasteiger partial charge in [0.2, 0.25) is 0 Å². The number of alkyl halides is 1. The topological polar surface area (TPSA) is 43.1 Å². The maximum atomic E-state index is 13.0. The third-order valence-electron chi connectivity index (χ3n) is 1.51. The van der Waals surface area contributed by atoms with Crippen molar-refractivity contribution < 1.29 is 9.18 Å². The molecule has 5 heteroatoms. The van der Waals surface area contributed by atoms with E-state index in [-0.39, 0.29) is 26.8 Å². The molecule has 0 unspecified atom stereocenters. The summed E-state index contributed by atoms with van der Waals surface area (Å²) >= 11 is 5.96. The van der Waals surface area contributed by atoms with Crippen molar-refractivity contribution in [3.63, 3.8) is 0 Å². The molecule has 1 aromatic carbocycles. The molecule has 2 nitrogen and oxygen atoms in total. The van der Waals surface area contributed by atoms with Crippen LogP contribution in [-0.4, -0.2) is 11.1 Å². The van der Waals surface area contributed by atoms with E-state index in [4.69, 9.17) is 5.73 Å². The average molecular weight is 311 g/mol. The summed E-state index contributed by atoms with van der Waals surface area (Å²) in [5.41, 5.74) is 6.01. The molecule has 0 bridgehead atoms. The number of hydrogen-bond donors (Lipinski definition) is 1. The molecule has 0 aliphatic carbocycles. The van der Waals surface area contributed by atoms with Crippen LogP contribution in [0.25, 0.3) is 0 Å². The first-order chi connectivity index (χ1) is 6.06. The lowest BCUT2D eigenvalue weighted by Gasteiger charge is -2.03. The van der Waals surface area contributed by atoms with Crippen molar-refractivity contribution in [1.29, 1.82) is 0 Å². The molecule has 13 heavy (non-hydrogen) atoms. The van der Waals surface area contributed by atoms with Gasteiger partial charge in [-0.2, -0.15) is 0 Å². The highest BCUT2D eigenvalue weighted by molar-refractivity contribution is 9.10. The van der Waals surface area contributed by atoms with Gasteiger partial charge in [-0.15, -0.1) is 0 Å². The smallest absolute Gasteiger partial charge is 0.175 e. The molecular formula is C8H6Br2FNO. The number of anilines is 1. The van der Waals surface area contributed by atoms with Crippen LogP contribution in [0.5, 0.6) is 0 Å². The Morgan fingerprint density at radius 2 is 2.15 bits per heavy atom. The van der Waals surface area contributed by atoms with Gasteiger partial charge in [-0.25, -0.2) is 4.39 Å². The largest absolute Gasteiger partial charge is 0.398 e. The number of carbonyl (C=O) groups excluding carboxylic acids is 1. The number of Topliss-reactive ketones (excluding diaryl/α,β-unsaturated/α-hetero) is 1. The van der Waals surface area contributed by atoms with Crippen LogP contribution in [0.2, 0.25) is 0 Å². The van der Waals surface area contributed by atoms with Crippen molar-refractivity contribution >= 4 is 43.3 Å². The Labute approximate surface area is 91.6 Å². The fourth-order valence-electron chi connectivity index (χ4n) is 0.876. The molecule has 0 fully saturated rings. The highest BCUT2D eigenvalue weighted by atomic mass is 79.9. The monoisotopic (exact) mass is 309 g/mol. The van der Waals surface area contributed by atoms with Gasteiger partial charge in [-0.1, -0.05) is 15.9 Å². The fraction of sp³-hybridized carbons (Fsp3) is 0.125. The maximum Gasteiger partial charge on any atom is 0.175 e. The molecule has 0 aromatic heterocycles. The summed E-state index contributed by atoms with van der Waals surface area (Å²) in [7, 11) is 0. The number of rotatable bonds is 2. The van der Waals surface area contributed by atoms with E-state index in [1.165, 1.54) is 6.07 Å². The highest BCUT2D eigenvalue weighted by Gasteiger charge is 2.11. The molecule has 1 aromatic rings. The standard InChI is InChI=1S/C8H6Br2FNO/c9-3-8(13)4-1-6(11)5(10)2-7(4)12/h1-2H,3,12H2. The zero-order valence-corrected chi connectivity index (χ0v) is 9.65. The number of halogens is 3. The fourth-order valence-corrected chi connectivity index (χ4v) is 1.54. The SMILES string of the molecule is Nc1cc(Br)c(F)cc1C(=O)CBr. The van der Waals surface area contributed by atoms with E-state index in [1.54, 1.807) is 0 Å². The lowest BCUT2D eigenvalue weighted by atomic mass is 10.1. The molecule has 0 atom stereocenters. The van der Waals surface area contributed by atoms with Crippen LogP contribution in [0.3, 0.4) is 0 Å². The van der Waals surface area contributed by atoms with Crippen molar-refractivity contribution in [3.05, 3.63) is 28.0 Å². The van der Waals surface area contributed by atoms with Gasteiger partial charge >= 0.3 is 0 Å². The second-order valence-corrected chi connectivity index (χ2v) is 3.83. The zero-order valence-electron chi connectivity index (χ0n) is 6.48. The van der Waals surface area contributed by atoms with Gasteiger partial charge in [0.15, 0.2) is 5.78 Å². The number of hydrogen-bond acceptors (Lipinski definition) is 2. The summed E-state index contributed by atoms with van der Waals surface area (Å²) in [6, 6.07) is 2.51. The van der Waals surface area contributed by atoms with Crippen LogP contribution < -0.4 is 5.73 Å². The van der Waals surface area contributed by atoms with Crippen LogP contribution in [0.15, 0.2) is 16.6 Å². The van der Waals surface area contributed by atoms with Gasteiger partial charge < -0.3 is 5.73 Å². The van der Waals surface area contributed by atoms with E-state index < -0.39 is 5.82 Å². The number of benzene rings is 1. The molecule has 0 amide bonds. The Morgan fingerprint density at radius 1 is 1.54 bits per heavy atom. The summed E-state index contributed by atoms with van der Waals surface area (Å²) in [6.07, 6.45) is 0. The molecule has 0 saturated carbocycles. The van der Waals surface area contributed by atoms with Crippen molar-refractivity contribution in [2.75, 3.05) is 11.1 Å². The maximum absolute atomic E-state index is 13.0. The van der Waals surface area contributed by atoms with Gasteiger partial charge in [-0.3, -0.25) is 4.79 Å². The second kappa shape index (κ2) is 4.19. The summed E-state index contributed by atoms with van der Waals surface area (Å²) in [5.74, 6) is -0.720. The summed E-state index contributed by atoms with van der Waals surface area (Å²) < 4.78 is 13.2. The molecule has 0 saturated heterocycles. The van der Waals surface area contributed by atoms with E-state index in [0.29, 0.717) is 0 Å². The summed E-state index contributed by atoms with van der Waals surface area (Å²) in [4.78, 5) is 11.2. The van der Waals surface area contributed by atoms with E-state index in [1.807, 2.05) is 0 Å². The lowest BCUT2D eigenvalue weighted by Crippen LogP contribution is -2.05. The van der Waals surface area contributed by atoms with Gasteiger partial charge in [0, 0.05) is 11.3 Å². The lowest BCUT2D eigenvalue weighted by molar-refractivity contribution is 0.102. The molecular weight excluding hydrogens is 305 g/mol. The molecule has 0 heterocycles. The quantitative estimate of drug-likeness (QED) is 0.518. The normalized spacial score (nSPS) is 10.1. The number of carbonyl (C=O) groups is 1. The van der Waals surface area contributed by atoms with Gasteiger partial charge in [0.25, 0.3) is 0 Å². The van der Waals surface area contributed by atoms with Gasteiger partial charge in [0.05, 0.1) is 9.80 Å². The first-order valence-electron chi connectivity index (χ1n) is 3.40. The Bertz CT molecular complexity index is 354. The third-order valence-corrected chi connectivity index (χ3v) is 2.63. The third kappa shape index (κ3) is 2.28. The van der Waals surface area contributed by atoms with Crippen molar-refractivity contribution in [2.24, 2.45) is 0 Å². The first kappa shape index (κ1) is 10.7. The van der Waals surface area contributed by atoms with Gasteiger partial charge in [0.1, 0.15) is 5.82 Å².